The number of anilines is 1. The van der Waals surface area contributed by atoms with Gasteiger partial charge in [0, 0.05) is 13.1 Å². The molecule has 0 saturated carbocycles. The van der Waals surface area contributed by atoms with Crippen LogP contribution in [-0.4, -0.2) is 48.1 Å². The van der Waals surface area contributed by atoms with Gasteiger partial charge >= 0.3 is 0 Å². The quantitative estimate of drug-likeness (QED) is 0.781. The van der Waals surface area contributed by atoms with Gasteiger partial charge in [-0.05, 0) is 32.9 Å². The van der Waals surface area contributed by atoms with Gasteiger partial charge in [0.1, 0.15) is 0 Å². The highest BCUT2D eigenvalue weighted by molar-refractivity contribution is 6.22. The molecular weight excluding hydrogens is 280 g/mol. The van der Waals surface area contributed by atoms with Crippen molar-refractivity contribution in [1.82, 2.24) is 4.90 Å². The molecule has 2 aliphatic rings. The summed E-state index contributed by atoms with van der Waals surface area (Å²) < 4.78 is 5.71. The maximum absolute atomic E-state index is 12.7. The van der Waals surface area contributed by atoms with Crippen LogP contribution in [0.2, 0.25) is 0 Å². The predicted octanol–water partition coefficient (Wildman–Crippen LogP) is 1.74. The molecule has 1 aromatic carbocycles. The number of ether oxygens (including phenoxy) is 1. The standard InChI is InChI=1S/C17H22N2O3/c1-11-4-6-14(7-5-11)19-16(20)8-15(17(19)21)18-9-12(2)22-13(3)10-18/h4-7,12-13,15H,8-10H2,1-3H3/t12-,13+,15-/m1/s1. The molecule has 0 aromatic heterocycles. The van der Waals surface area contributed by atoms with E-state index >= 15 is 0 Å². The van der Waals surface area contributed by atoms with Crippen molar-refractivity contribution in [3.63, 3.8) is 0 Å². The minimum absolute atomic E-state index is 0.0834. The molecule has 0 bridgehead atoms. The average Bonchev–Trinajstić information content (AvgIpc) is 2.74. The van der Waals surface area contributed by atoms with Gasteiger partial charge in [0.25, 0.3) is 5.91 Å². The van der Waals surface area contributed by atoms with Crippen LogP contribution in [0.25, 0.3) is 0 Å². The first-order valence-electron chi connectivity index (χ1n) is 7.78. The van der Waals surface area contributed by atoms with E-state index in [9.17, 15) is 9.59 Å². The summed E-state index contributed by atoms with van der Waals surface area (Å²) in [5, 5.41) is 0. The topological polar surface area (TPSA) is 49.9 Å². The van der Waals surface area contributed by atoms with Crippen molar-refractivity contribution in [2.75, 3.05) is 18.0 Å². The number of morpholine rings is 1. The van der Waals surface area contributed by atoms with Crippen LogP contribution in [0.3, 0.4) is 0 Å². The SMILES string of the molecule is Cc1ccc(N2C(=O)C[C@@H](N3C[C@@H](C)O[C@@H](C)C3)C2=O)cc1. The second kappa shape index (κ2) is 5.82. The fourth-order valence-electron chi connectivity index (χ4n) is 3.34. The number of nitrogens with zero attached hydrogens (tertiary/aromatic N) is 2. The second-order valence-corrected chi connectivity index (χ2v) is 6.33. The Morgan fingerprint density at radius 3 is 2.23 bits per heavy atom. The van der Waals surface area contributed by atoms with Crippen molar-refractivity contribution in [3.8, 4) is 0 Å². The number of rotatable bonds is 2. The van der Waals surface area contributed by atoms with E-state index in [1.165, 1.54) is 4.90 Å². The summed E-state index contributed by atoms with van der Waals surface area (Å²) in [4.78, 5) is 28.5. The van der Waals surface area contributed by atoms with E-state index in [-0.39, 0.29) is 36.5 Å². The number of carbonyl (C=O) groups is 2. The van der Waals surface area contributed by atoms with E-state index in [0.717, 1.165) is 5.56 Å². The third-order valence-electron chi connectivity index (χ3n) is 4.30. The smallest absolute Gasteiger partial charge is 0.251 e. The highest BCUT2D eigenvalue weighted by Gasteiger charge is 2.44. The summed E-state index contributed by atoms with van der Waals surface area (Å²) in [5.41, 5.74) is 1.77. The molecule has 0 spiro atoms. The Balaban J connectivity index is 1.80. The number of hydrogen-bond acceptors (Lipinski definition) is 4. The van der Waals surface area contributed by atoms with Crippen LogP contribution in [0.5, 0.6) is 0 Å². The van der Waals surface area contributed by atoms with Crippen LogP contribution in [0.1, 0.15) is 25.8 Å². The minimum Gasteiger partial charge on any atom is -0.373 e. The van der Waals surface area contributed by atoms with Gasteiger partial charge in [-0.15, -0.1) is 0 Å². The zero-order valence-corrected chi connectivity index (χ0v) is 13.3. The Kier molecular flexibility index (Phi) is 4.02. The number of imide groups is 1. The Labute approximate surface area is 130 Å². The van der Waals surface area contributed by atoms with Crippen molar-refractivity contribution in [3.05, 3.63) is 29.8 Å². The highest BCUT2D eigenvalue weighted by Crippen LogP contribution is 2.27. The maximum Gasteiger partial charge on any atom is 0.251 e. The molecule has 0 unspecified atom stereocenters. The van der Waals surface area contributed by atoms with E-state index in [4.69, 9.17) is 4.74 Å². The summed E-state index contributed by atoms with van der Waals surface area (Å²) >= 11 is 0. The number of benzene rings is 1. The van der Waals surface area contributed by atoms with E-state index < -0.39 is 0 Å². The molecule has 5 nitrogen and oxygen atoms in total. The van der Waals surface area contributed by atoms with Gasteiger partial charge in [0.15, 0.2) is 0 Å². The van der Waals surface area contributed by atoms with Crippen LogP contribution in [-0.2, 0) is 14.3 Å². The van der Waals surface area contributed by atoms with E-state index in [0.29, 0.717) is 18.8 Å². The van der Waals surface area contributed by atoms with Crippen LogP contribution in [0.4, 0.5) is 5.69 Å². The second-order valence-electron chi connectivity index (χ2n) is 6.33. The Morgan fingerprint density at radius 2 is 1.64 bits per heavy atom. The molecule has 0 aliphatic carbocycles. The van der Waals surface area contributed by atoms with Crippen LogP contribution >= 0.6 is 0 Å². The molecule has 3 rings (SSSR count). The molecule has 22 heavy (non-hydrogen) atoms. The van der Waals surface area contributed by atoms with Crippen LogP contribution < -0.4 is 4.90 Å². The lowest BCUT2D eigenvalue weighted by atomic mass is 10.1. The molecule has 2 aliphatic heterocycles. The van der Waals surface area contributed by atoms with Gasteiger partial charge in [0.05, 0.1) is 30.4 Å². The molecule has 2 fully saturated rings. The van der Waals surface area contributed by atoms with Crippen molar-refractivity contribution in [1.29, 1.82) is 0 Å². The number of carbonyl (C=O) groups excluding carboxylic acids is 2. The van der Waals surface area contributed by atoms with Gasteiger partial charge in [-0.25, -0.2) is 4.90 Å². The number of hydrogen-bond donors (Lipinski definition) is 0. The first-order valence-corrected chi connectivity index (χ1v) is 7.78. The van der Waals surface area contributed by atoms with E-state index in [1.54, 1.807) is 0 Å². The molecule has 2 heterocycles. The molecule has 3 atom stereocenters. The van der Waals surface area contributed by atoms with Crippen LogP contribution in [0, 0.1) is 6.92 Å². The van der Waals surface area contributed by atoms with Gasteiger partial charge in [0.2, 0.25) is 5.91 Å². The molecule has 2 amide bonds. The van der Waals surface area contributed by atoms with Crippen molar-refractivity contribution < 1.29 is 14.3 Å². The Hall–Kier alpha value is -1.72. The first kappa shape index (κ1) is 15.2. The molecule has 1 aromatic rings. The fraction of sp³-hybridized carbons (Fsp3) is 0.529. The summed E-state index contributed by atoms with van der Waals surface area (Å²) in [6.45, 7) is 7.37. The third kappa shape index (κ3) is 2.78. The third-order valence-corrected chi connectivity index (χ3v) is 4.30. The summed E-state index contributed by atoms with van der Waals surface area (Å²) in [6, 6.07) is 7.14. The molecule has 0 radical (unpaired) electrons. The fourth-order valence-corrected chi connectivity index (χ4v) is 3.34. The van der Waals surface area contributed by atoms with Gasteiger partial charge in [-0.1, -0.05) is 17.7 Å². The van der Waals surface area contributed by atoms with Crippen LogP contribution in [0.15, 0.2) is 24.3 Å². The molecular formula is C17H22N2O3. The zero-order valence-electron chi connectivity index (χ0n) is 13.3. The van der Waals surface area contributed by atoms with E-state index in [2.05, 4.69) is 4.90 Å². The molecule has 118 valence electrons. The lowest BCUT2D eigenvalue weighted by Crippen LogP contribution is -2.52. The van der Waals surface area contributed by atoms with E-state index in [1.807, 2.05) is 45.0 Å². The van der Waals surface area contributed by atoms with Crippen molar-refractivity contribution >= 4 is 17.5 Å². The molecule has 2 saturated heterocycles. The number of amides is 2. The summed E-state index contributed by atoms with van der Waals surface area (Å²) in [7, 11) is 0. The monoisotopic (exact) mass is 302 g/mol. The van der Waals surface area contributed by atoms with Crippen molar-refractivity contribution in [2.45, 2.75) is 45.4 Å². The number of aryl methyl sites for hydroxylation is 1. The lowest BCUT2D eigenvalue weighted by Gasteiger charge is -2.37. The zero-order chi connectivity index (χ0) is 15.9. The normalized spacial score (nSPS) is 30.1. The Morgan fingerprint density at radius 1 is 1.05 bits per heavy atom. The van der Waals surface area contributed by atoms with Gasteiger partial charge in [-0.3, -0.25) is 14.5 Å². The van der Waals surface area contributed by atoms with Gasteiger partial charge < -0.3 is 4.74 Å². The largest absolute Gasteiger partial charge is 0.373 e. The molecule has 0 N–H and O–H groups in total. The predicted molar refractivity (Wildman–Crippen MR) is 83.7 cm³/mol. The highest BCUT2D eigenvalue weighted by atomic mass is 16.5. The minimum atomic E-state index is -0.359. The van der Waals surface area contributed by atoms with Gasteiger partial charge in [-0.2, -0.15) is 0 Å². The lowest BCUT2D eigenvalue weighted by molar-refractivity contribution is -0.127. The first-order chi connectivity index (χ1) is 10.5. The average molecular weight is 302 g/mol. The Bertz CT molecular complexity index is 574. The summed E-state index contributed by atoms with van der Waals surface area (Å²) in [6.07, 6.45) is 0.423. The maximum atomic E-state index is 12.7. The summed E-state index contributed by atoms with van der Waals surface area (Å²) in [5.74, 6) is -0.235. The molecule has 5 heteroatoms. The van der Waals surface area contributed by atoms with Crippen molar-refractivity contribution in [2.24, 2.45) is 0 Å².